The molecule has 1 saturated heterocycles. The first-order chi connectivity index (χ1) is 13.9. The smallest absolute Gasteiger partial charge is 0.406 e. The fraction of sp³-hybridized carbons (Fsp3) is 0.905. The average Bonchev–Trinajstić information content (AvgIpc) is 3.10. The van der Waals surface area contributed by atoms with Crippen LogP contribution in [0, 0.1) is 17.8 Å². The van der Waals surface area contributed by atoms with Crippen LogP contribution in [0.2, 0.25) is 0 Å². The molecule has 0 amide bonds. The second-order valence-electron chi connectivity index (χ2n) is 9.10. The molecule has 1 aliphatic carbocycles. The highest BCUT2D eigenvalue weighted by Gasteiger charge is 2.46. The molecule has 9 heteroatoms. The van der Waals surface area contributed by atoms with Gasteiger partial charge in [-0.15, -0.1) is 0 Å². The summed E-state index contributed by atoms with van der Waals surface area (Å²) in [6.45, 7) is 15.7. The van der Waals surface area contributed by atoms with Crippen molar-refractivity contribution >= 4 is 7.82 Å². The molecule has 0 aromatic heterocycles. The molecule has 176 valence electrons. The van der Waals surface area contributed by atoms with Crippen LogP contribution in [0.1, 0.15) is 54.4 Å². The van der Waals surface area contributed by atoms with Crippen LogP contribution in [0.15, 0.2) is 12.3 Å². The molecule has 1 saturated carbocycles. The summed E-state index contributed by atoms with van der Waals surface area (Å²) >= 11 is 0. The Morgan fingerprint density at radius 1 is 1.13 bits per heavy atom. The van der Waals surface area contributed by atoms with E-state index in [2.05, 4.69) is 6.58 Å². The minimum absolute atomic E-state index is 0.0113. The summed E-state index contributed by atoms with van der Waals surface area (Å²) < 4.78 is 41.0. The molecule has 30 heavy (non-hydrogen) atoms. The van der Waals surface area contributed by atoms with Crippen LogP contribution >= 0.6 is 7.82 Å². The van der Waals surface area contributed by atoms with E-state index in [0.717, 1.165) is 0 Å². The molecule has 0 bridgehead atoms. The molecule has 1 aliphatic heterocycles. The van der Waals surface area contributed by atoms with Gasteiger partial charge in [-0.25, -0.2) is 4.57 Å². The van der Waals surface area contributed by atoms with Gasteiger partial charge < -0.3 is 23.8 Å². The number of hydrogen-bond acceptors (Lipinski definition) is 7. The van der Waals surface area contributed by atoms with Crippen LogP contribution < -0.4 is 0 Å². The highest BCUT2D eigenvalue weighted by Crippen LogP contribution is 2.53. The van der Waals surface area contributed by atoms with Gasteiger partial charge in [-0.2, -0.15) is 0 Å². The van der Waals surface area contributed by atoms with Gasteiger partial charge in [-0.1, -0.05) is 13.5 Å². The summed E-state index contributed by atoms with van der Waals surface area (Å²) in [7, 11) is -4.45. The summed E-state index contributed by atoms with van der Waals surface area (Å²) in [6.07, 6.45) is -0.403. The van der Waals surface area contributed by atoms with Crippen molar-refractivity contribution in [2.45, 2.75) is 91.0 Å². The van der Waals surface area contributed by atoms with Gasteiger partial charge in [0.25, 0.3) is 0 Å². The molecular formula is C21H39O8P. The van der Waals surface area contributed by atoms with Crippen LogP contribution in [0.25, 0.3) is 0 Å². The quantitative estimate of drug-likeness (QED) is 0.363. The summed E-state index contributed by atoms with van der Waals surface area (Å²) in [6, 6.07) is 0. The second kappa shape index (κ2) is 10.9. The van der Waals surface area contributed by atoms with Gasteiger partial charge >= 0.3 is 7.82 Å². The number of aliphatic hydroxyl groups is 1. The topological polar surface area (TPSA) is 104 Å². The molecule has 2 rings (SSSR count). The lowest BCUT2D eigenvalue weighted by molar-refractivity contribution is -0.0444. The first kappa shape index (κ1) is 25.8. The van der Waals surface area contributed by atoms with Crippen molar-refractivity contribution in [1.82, 2.24) is 0 Å². The van der Waals surface area contributed by atoms with E-state index in [0.29, 0.717) is 19.4 Å². The van der Waals surface area contributed by atoms with Crippen LogP contribution in [0.5, 0.6) is 0 Å². The van der Waals surface area contributed by atoms with Gasteiger partial charge in [0.15, 0.2) is 0 Å². The third-order valence-electron chi connectivity index (χ3n) is 5.74. The molecule has 0 aromatic rings. The van der Waals surface area contributed by atoms with Crippen molar-refractivity contribution in [3.05, 3.63) is 12.3 Å². The van der Waals surface area contributed by atoms with E-state index in [4.69, 9.17) is 23.3 Å². The maximum Gasteiger partial charge on any atom is 0.527 e. The third-order valence-corrected chi connectivity index (χ3v) is 6.74. The van der Waals surface area contributed by atoms with E-state index in [1.807, 2.05) is 41.5 Å². The molecule has 2 fully saturated rings. The zero-order valence-corrected chi connectivity index (χ0v) is 19.9. The Morgan fingerprint density at radius 2 is 1.80 bits per heavy atom. The van der Waals surface area contributed by atoms with Crippen LogP contribution in [0.3, 0.4) is 0 Å². The fourth-order valence-electron chi connectivity index (χ4n) is 4.38. The van der Waals surface area contributed by atoms with Crippen LogP contribution in [-0.2, 0) is 27.8 Å². The highest BCUT2D eigenvalue weighted by atomic mass is 31.2. The summed E-state index contributed by atoms with van der Waals surface area (Å²) in [4.78, 5) is 10.4. The predicted octanol–water partition coefficient (Wildman–Crippen LogP) is 3.66. The van der Waals surface area contributed by atoms with Crippen LogP contribution in [0.4, 0.5) is 0 Å². The lowest BCUT2D eigenvalue weighted by Gasteiger charge is -2.28. The van der Waals surface area contributed by atoms with Gasteiger partial charge in [0.05, 0.1) is 37.1 Å². The van der Waals surface area contributed by atoms with Crippen LogP contribution in [-0.4, -0.2) is 59.8 Å². The summed E-state index contributed by atoms with van der Waals surface area (Å²) in [5.74, 6) is -0.119. The van der Waals surface area contributed by atoms with Crippen molar-refractivity contribution in [3.8, 4) is 0 Å². The van der Waals surface area contributed by atoms with Gasteiger partial charge in [-0.05, 0) is 52.9 Å². The molecule has 0 radical (unpaired) electrons. The number of phosphoric acid groups is 1. The Bertz CT molecular complexity index is 610. The molecule has 8 atom stereocenters. The molecule has 2 aliphatic rings. The highest BCUT2D eigenvalue weighted by molar-refractivity contribution is 7.47. The predicted molar refractivity (Wildman–Crippen MR) is 113 cm³/mol. The fourth-order valence-corrected chi connectivity index (χ4v) is 5.41. The Morgan fingerprint density at radius 3 is 2.37 bits per heavy atom. The van der Waals surface area contributed by atoms with E-state index in [9.17, 15) is 14.6 Å². The molecule has 8 nitrogen and oxygen atoms in total. The van der Waals surface area contributed by atoms with E-state index in [1.54, 1.807) is 0 Å². The number of hydrogen-bond donors (Lipinski definition) is 2. The van der Waals surface area contributed by atoms with E-state index >= 15 is 0 Å². The summed E-state index contributed by atoms with van der Waals surface area (Å²) in [5, 5.41) is 9.78. The van der Waals surface area contributed by atoms with Crippen molar-refractivity contribution in [2.75, 3.05) is 13.2 Å². The maximum atomic E-state index is 12.8. The molecular weight excluding hydrogens is 411 g/mol. The maximum absolute atomic E-state index is 12.8. The number of ether oxygens (including phenoxy) is 3. The van der Waals surface area contributed by atoms with Gasteiger partial charge in [0, 0.05) is 18.9 Å². The minimum atomic E-state index is -4.45. The largest absolute Gasteiger partial charge is 0.527 e. The SMILES string of the molecule is C=C(OP(=O)(O)OC1CC(C)C(CO)C1COC(C)C)C1OC(C)CC1OC(C)C. The monoisotopic (exact) mass is 450 g/mol. The van der Waals surface area contributed by atoms with Crippen molar-refractivity contribution in [2.24, 2.45) is 17.8 Å². The van der Waals surface area contributed by atoms with Crippen molar-refractivity contribution in [3.63, 3.8) is 0 Å². The zero-order valence-electron chi connectivity index (χ0n) is 19.0. The van der Waals surface area contributed by atoms with E-state index in [1.165, 1.54) is 0 Å². The summed E-state index contributed by atoms with van der Waals surface area (Å²) in [5.41, 5.74) is 0. The third kappa shape index (κ3) is 7.02. The molecule has 0 aromatic carbocycles. The minimum Gasteiger partial charge on any atom is -0.406 e. The van der Waals surface area contributed by atoms with E-state index in [-0.39, 0.29) is 54.5 Å². The Labute approximate surface area is 180 Å². The van der Waals surface area contributed by atoms with Gasteiger partial charge in [0.2, 0.25) is 0 Å². The molecule has 0 spiro atoms. The second-order valence-corrected chi connectivity index (χ2v) is 10.4. The molecule has 1 heterocycles. The lowest BCUT2D eigenvalue weighted by Crippen LogP contribution is -2.31. The normalized spacial score (nSPS) is 36.4. The number of aliphatic hydroxyl groups excluding tert-OH is 1. The number of phosphoric ester groups is 1. The first-order valence-electron chi connectivity index (χ1n) is 10.9. The Hall–Kier alpha value is -0.470. The standard InChI is InChI=1S/C21H39O8P/c1-12(2)25-11-18-17(10-22)14(5)8-19(18)29-30(23,24)28-16(7)21-20(26-13(3)4)9-15(6)27-21/h12-15,17-22H,7-11H2,1-6H3,(H,23,24). The lowest BCUT2D eigenvalue weighted by atomic mass is 9.91. The van der Waals surface area contributed by atoms with Crippen molar-refractivity contribution in [1.29, 1.82) is 0 Å². The number of rotatable bonds is 11. The van der Waals surface area contributed by atoms with Crippen molar-refractivity contribution < 1.29 is 37.8 Å². The zero-order chi connectivity index (χ0) is 22.6. The van der Waals surface area contributed by atoms with Gasteiger partial charge in [0.1, 0.15) is 11.9 Å². The first-order valence-corrected chi connectivity index (χ1v) is 12.4. The molecule has 8 unspecified atom stereocenters. The van der Waals surface area contributed by atoms with Gasteiger partial charge in [-0.3, -0.25) is 9.42 Å². The average molecular weight is 451 g/mol. The molecule has 2 N–H and O–H groups in total. The van der Waals surface area contributed by atoms with E-state index < -0.39 is 20.0 Å². The Balaban J connectivity index is 2.03. The Kier molecular flexibility index (Phi) is 9.37.